The van der Waals surface area contributed by atoms with Gasteiger partial charge >= 0.3 is 5.69 Å². The summed E-state index contributed by atoms with van der Waals surface area (Å²) in [5.41, 5.74) is 1.22. The van der Waals surface area contributed by atoms with Crippen molar-refractivity contribution in [2.24, 2.45) is 0 Å². The third-order valence-corrected chi connectivity index (χ3v) is 5.17. The number of pyridine rings is 1. The van der Waals surface area contributed by atoms with Crippen LogP contribution >= 0.6 is 11.8 Å². The van der Waals surface area contributed by atoms with Crippen molar-refractivity contribution in [3.05, 3.63) is 77.2 Å². The van der Waals surface area contributed by atoms with E-state index in [2.05, 4.69) is 20.3 Å². The average Bonchev–Trinajstić information content (AvgIpc) is 2.74. The van der Waals surface area contributed by atoms with E-state index in [1.807, 2.05) is 30.3 Å². The topological polar surface area (TPSA) is 103 Å². The van der Waals surface area contributed by atoms with Gasteiger partial charge < -0.3 is 10.1 Å². The second kappa shape index (κ2) is 8.11. The molecule has 9 heteroatoms. The number of hydrogen-bond donors (Lipinski definition) is 1. The molecule has 0 radical (unpaired) electrons. The quantitative estimate of drug-likeness (QED) is 0.276. The summed E-state index contributed by atoms with van der Waals surface area (Å²) in [6, 6.07) is 16.5. The Morgan fingerprint density at radius 2 is 1.83 bits per heavy atom. The van der Waals surface area contributed by atoms with Gasteiger partial charge in [0.1, 0.15) is 12.1 Å². The van der Waals surface area contributed by atoms with Gasteiger partial charge in [-0.05, 0) is 36.4 Å². The Morgan fingerprint density at radius 3 is 2.59 bits per heavy atom. The predicted octanol–water partition coefficient (Wildman–Crippen LogP) is 4.84. The maximum atomic E-state index is 11.8. The van der Waals surface area contributed by atoms with Gasteiger partial charge in [-0.2, -0.15) is 0 Å². The van der Waals surface area contributed by atoms with Crippen LogP contribution in [0.1, 0.15) is 0 Å². The van der Waals surface area contributed by atoms with Crippen molar-refractivity contribution in [1.29, 1.82) is 0 Å². The van der Waals surface area contributed by atoms with E-state index < -0.39 is 4.92 Å². The molecule has 144 valence electrons. The minimum atomic E-state index is -0.479. The molecule has 0 unspecified atom stereocenters. The zero-order valence-corrected chi connectivity index (χ0v) is 16.1. The number of nitrogens with one attached hydrogen (secondary N) is 1. The third-order valence-electron chi connectivity index (χ3n) is 4.13. The first-order valence-electron chi connectivity index (χ1n) is 8.58. The Kier molecular flexibility index (Phi) is 5.21. The molecule has 0 saturated carbocycles. The molecule has 0 aliphatic carbocycles. The highest BCUT2D eigenvalue weighted by atomic mass is 32.2. The molecule has 8 nitrogen and oxygen atoms in total. The van der Waals surface area contributed by atoms with Gasteiger partial charge in [-0.25, -0.2) is 9.97 Å². The molecule has 0 saturated heterocycles. The summed E-state index contributed by atoms with van der Waals surface area (Å²) in [4.78, 5) is 24.8. The number of rotatable bonds is 6. The second-order valence-electron chi connectivity index (χ2n) is 5.92. The molecule has 1 N–H and O–H groups in total. The number of methoxy groups -OCH3 is 1. The van der Waals surface area contributed by atoms with E-state index in [1.165, 1.54) is 18.1 Å². The van der Waals surface area contributed by atoms with Crippen LogP contribution in [0, 0.1) is 10.1 Å². The highest BCUT2D eigenvalue weighted by Crippen LogP contribution is 2.39. The third kappa shape index (κ3) is 3.94. The van der Waals surface area contributed by atoms with Crippen LogP contribution in [0.3, 0.4) is 0 Å². The van der Waals surface area contributed by atoms with Crippen LogP contribution < -0.4 is 10.1 Å². The SMILES string of the molecule is COc1ccc(Nc2ncnc(Sc3cccc4cccnc34)c2[N+](=O)[O-])cc1. The average molecular weight is 405 g/mol. The lowest BCUT2D eigenvalue weighted by atomic mass is 10.2. The maximum absolute atomic E-state index is 11.8. The molecular formula is C20H15N5O3S. The lowest BCUT2D eigenvalue weighted by Crippen LogP contribution is -2.03. The number of hydrogen-bond acceptors (Lipinski definition) is 8. The summed E-state index contributed by atoms with van der Waals surface area (Å²) in [7, 11) is 1.57. The first kappa shape index (κ1) is 18.6. The number of benzene rings is 2. The number of ether oxygens (including phenoxy) is 1. The van der Waals surface area contributed by atoms with Gasteiger partial charge in [0.2, 0.25) is 5.82 Å². The highest BCUT2D eigenvalue weighted by Gasteiger charge is 2.24. The van der Waals surface area contributed by atoms with Gasteiger partial charge in [0.15, 0.2) is 5.03 Å². The number of anilines is 2. The summed E-state index contributed by atoms with van der Waals surface area (Å²) < 4.78 is 5.13. The number of para-hydroxylation sites is 1. The minimum absolute atomic E-state index is 0.117. The van der Waals surface area contributed by atoms with Gasteiger partial charge in [-0.1, -0.05) is 30.0 Å². The van der Waals surface area contributed by atoms with Crippen LogP contribution in [0.4, 0.5) is 17.2 Å². The normalized spacial score (nSPS) is 10.7. The van der Waals surface area contributed by atoms with Crippen LogP contribution in [0.5, 0.6) is 5.75 Å². The molecule has 2 heterocycles. The van der Waals surface area contributed by atoms with Crippen molar-refractivity contribution in [3.8, 4) is 5.75 Å². The molecule has 0 aliphatic heterocycles. The fourth-order valence-corrected chi connectivity index (χ4v) is 3.76. The first-order chi connectivity index (χ1) is 14.2. The molecule has 0 amide bonds. The molecule has 0 aliphatic rings. The van der Waals surface area contributed by atoms with Crippen LogP contribution in [0.15, 0.2) is 77.0 Å². The first-order valence-corrected chi connectivity index (χ1v) is 9.39. The van der Waals surface area contributed by atoms with Crippen molar-refractivity contribution in [3.63, 3.8) is 0 Å². The molecule has 2 aromatic heterocycles. The van der Waals surface area contributed by atoms with Crippen molar-refractivity contribution < 1.29 is 9.66 Å². The van der Waals surface area contributed by atoms with Crippen LogP contribution in [0.25, 0.3) is 10.9 Å². The summed E-state index contributed by atoms with van der Waals surface area (Å²) >= 11 is 1.19. The summed E-state index contributed by atoms with van der Waals surface area (Å²) in [5.74, 6) is 0.804. The fraction of sp³-hybridized carbons (Fsp3) is 0.0500. The maximum Gasteiger partial charge on any atom is 0.343 e. The molecule has 29 heavy (non-hydrogen) atoms. The highest BCUT2D eigenvalue weighted by molar-refractivity contribution is 7.99. The molecule has 0 fully saturated rings. The number of nitrogens with zero attached hydrogens (tertiary/aromatic N) is 4. The lowest BCUT2D eigenvalue weighted by Gasteiger charge is -2.09. The molecule has 0 bridgehead atoms. The Balaban J connectivity index is 1.72. The standard InChI is InChI=1S/C20H15N5O3S/c1-28-15-9-7-14(8-10-15)24-19-18(25(26)27)20(23-12-22-19)29-16-6-2-4-13-5-3-11-21-17(13)16/h2-12H,1H3,(H,22,23,24). The molecule has 4 aromatic rings. The summed E-state index contributed by atoms with van der Waals surface area (Å²) in [6.45, 7) is 0. The summed E-state index contributed by atoms with van der Waals surface area (Å²) in [5, 5.41) is 16.0. The molecule has 2 aromatic carbocycles. The Morgan fingerprint density at radius 1 is 1.03 bits per heavy atom. The smallest absolute Gasteiger partial charge is 0.343 e. The molecule has 0 atom stereocenters. The summed E-state index contributed by atoms with van der Waals surface area (Å²) in [6.07, 6.45) is 3.00. The zero-order valence-electron chi connectivity index (χ0n) is 15.3. The Bertz CT molecular complexity index is 1180. The van der Waals surface area contributed by atoms with E-state index in [-0.39, 0.29) is 16.5 Å². The van der Waals surface area contributed by atoms with E-state index in [9.17, 15) is 10.1 Å². The largest absolute Gasteiger partial charge is 0.497 e. The van der Waals surface area contributed by atoms with Crippen LogP contribution in [0.2, 0.25) is 0 Å². The van der Waals surface area contributed by atoms with E-state index in [4.69, 9.17) is 4.74 Å². The molecular weight excluding hydrogens is 390 g/mol. The Labute approximate surface area is 170 Å². The monoisotopic (exact) mass is 405 g/mol. The van der Waals surface area contributed by atoms with Gasteiger partial charge in [-0.3, -0.25) is 15.1 Å². The van der Waals surface area contributed by atoms with Crippen molar-refractivity contribution >= 4 is 39.9 Å². The van der Waals surface area contributed by atoms with Crippen LogP contribution in [-0.4, -0.2) is 27.0 Å². The fourth-order valence-electron chi connectivity index (χ4n) is 2.77. The second-order valence-corrected chi connectivity index (χ2v) is 6.95. The number of fused-ring (bicyclic) bond motifs is 1. The van der Waals surface area contributed by atoms with E-state index in [0.29, 0.717) is 11.4 Å². The number of aromatic nitrogens is 3. The van der Waals surface area contributed by atoms with E-state index in [0.717, 1.165) is 15.8 Å². The van der Waals surface area contributed by atoms with Gasteiger partial charge in [0.25, 0.3) is 0 Å². The van der Waals surface area contributed by atoms with Gasteiger partial charge in [0.05, 0.1) is 17.5 Å². The van der Waals surface area contributed by atoms with Crippen molar-refractivity contribution in [2.45, 2.75) is 9.92 Å². The lowest BCUT2D eigenvalue weighted by molar-refractivity contribution is -0.387. The van der Waals surface area contributed by atoms with Crippen molar-refractivity contribution in [1.82, 2.24) is 15.0 Å². The van der Waals surface area contributed by atoms with E-state index in [1.54, 1.807) is 37.6 Å². The minimum Gasteiger partial charge on any atom is -0.497 e. The number of nitro groups is 1. The predicted molar refractivity (Wildman–Crippen MR) is 111 cm³/mol. The van der Waals surface area contributed by atoms with Gasteiger partial charge in [0, 0.05) is 22.2 Å². The molecule has 0 spiro atoms. The van der Waals surface area contributed by atoms with Gasteiger partial charge in [-0.15, -0.1) is 0 Å². The van der Waals surface area contributed by atoms with Crippen LogP contribution in [-0.2, 0) is 0 Å². The van der Waals surface area contributed by atoms with E-state index >= 15 is 0 Å². The molecule has 4 rings (SSSR count). The van der Waals surface area contributed by atoms with Crippen molar-refractivity contribution in [2.75, 3.05) is 12.4 Å². The zero-order chi connectivity index (χ0) is 20.2. The Hall–Kier alpha value is -3.72.